The number of ether oxygens (including phenoxy) is 1. The molecule has 22 heavy (non-hydrogen) atoms. The van der Waals surface area contributed by atoms with E-state index in [1.807, 2.05) is 30.3 Å². The molecule has 0 aromatic heterocycles. The highest BCUT2D eigenvalue weighted by Crippen LogP contribution is 2.13. The van der Waals surface area contributed by atoms with Gasteiger partial charge in [-0.05, 0) is 31.5 Å². The summed E-state index contributed by atoms with van der Waals surface area (Å²) in [5, 5.41) is 11.5. The second-order valence-electron chi connectivity index (χ2n) is 5.43. The Morgan fingerprint density at radius 2 is 2.09 bits per heavy atom. The van der Waals surface area contributed by atoms with E-state index >= 15 is 0 Å². The van der Waals surface area contributed by atoms with Crippen molar-refractivity contribution in [1.82, 2.24) is 4.90 Å². The number of hydrogen-bond acceptors (Lipinski definition) is 4. The van der Waals surface area contributed by atoms with Crippen molar-refractivity contribution in [3.63, 3.8) is 0 Å². The summed E-state index contributed by atoms with van der Waals surface area (Å²) in [6.45, 7) is 2.13. The first-order valence-electron chi connectivity index (χ1n) is 7.54. The zero-order valence-corrected chi connectivity index (χ0v) is 12.5. The van der Waals surface area contributed by atoms with Crippen molar-refractivity contribution >= 4 is 17.6 Å². The summed E-state index contributed by atoms with van der Waals surface area (Å²) in [5.41, 5.74) is 0.753. The van der Waals surface area contributed by atoms with Gasteiger partial charge >= 0.3 is 5.97 Å². The molecule has 6 heteroatoms. The predicted octanol–water partition coefficient (Wildman–Crippen LogP) is 1.58. The lowest BCUT2D eigenvalue weighted by Crippen LogP contribution is -2.41. The molecule has 1 aliphatic rings. The van der Waals surface area contributed by atoms with Crippen LogP contribution in [-0.2, 0) is 14.3 Å². The third-order valence-corrected chi connectivity index (χ3v) is 3.61. The maximum Gasteiger partial charge on any atom is 0.304 e. The lowest BCUT2D eigenvalue weighted by Gasteiger charge is -2.32. The first-order chi connectivity index (χ1) is 10.6. The van der Waals surface area contributed by atoms with Crippen LogP contribution in [0.3, 0.4) is 0 Å². The van der Waals surface area contributed by atoms with E-state index in [-0.39, 0.29) is 25.0 Å². The monoisotopic (exact) mass is 306 g/mol. The Morgan fingerprint density at radius 1 is 1.32 bits per heavy atom. The number of benzene rings is 1. The normalized spacial score (nSPS) is 18.8. The molecule has 0 bridgehead atoms. The molecule has 1 aliphatic heterocycles. The number of nitrogens with one attached hydrogen (secondary N) is 1. The molecule has 1 atom stereocenters. The van der Waals surface area contributed by atoms with Gasteiger partial charge in [0.15, 0.2) is 0 Å². The first-order valence-corrected chi connectivity index (χ1v) is 7.54. The predicted molar refractivity (Wildman–Crippen MR) is 82.7 cm³/mol. The highest BCUT2D eigenvalue weighted by Gasteiger charge is 2.21. The summed E-state index contributed by atoms with van der Waals surface area (Å²) in [7, 11) is 0. The maximum atomic E-state index is 11.8. The number of likely N-dealkylation sites (tertiary alicyclic amines) is 1. The van der Waals surface area contributed by atoms with Gasteiger partial charge in [0.2, 0.25) is 5.91 Å². The number of carbonyl (C=O) groups is 2. The SMILES string of the molecule is O=C(O)CCN1CCCC(OCC(=O)Nc2ccccc2)C1. The van der Waals surface area contributed by atoms with E-state index in [1.54, 1.807) is 0 Å². The third-order valence-electron chi connectivity index (χ3n) is 3.61. The lowest BCUT2D eigenvalue weighted by molar-refractivity contribution is -0.137. The summed E-state index contributed by atoms with van der Waals surface area (Å²) in [5.74, 6) is -0.959. The fourth-order valence-electron chi connectivity index (χ4n) is 2.52. The van der Waals surface area contributed by atoms with Gasteiger partial charge in [-0.1, -0.05) is 18.2 Å². The number of carbonyl (C=O) groups excluding carboxylic acids is 1. The van der Waals surface area contributed by atoms with Crippen LogP contribution in [0.2, 0.25) is 0 Å². The zero-order valence-electron chi connectivity index (χ0n) is 12.5. The van der Waals surface area contributed by atoms with Crippen LogP contribution in [0.5, 0.6) is 0 Å². The Hall–Kier alpha value is -1.92. The number of rotatable bonds is 7. The van der Waals surface area contributed by atoms with Gasteiger partial charge < -0.3 is 20.1 Å². The van der Waals surface area contributed by atoms with Crippen molar-refractivity contribution in [3.8, 4) is 0 Å². The number of piperidine rings is 1. The smallest absolute Gasteiger partial charge is 0.304 e. The van der Waals surface area contributed by atoms with E-state index in [2.05, 4.69) is 10.2 Å². The van der Waals surface area contributed by atoms with Crippen molar-refractivity contribution in [2.24, 2.45) is 0 Å². The van der Waals surface area contributed by atoms with Gasteiger partial charge in [-0.3, -0.25) is 9.59 Å². The molecule has 1 fully saturated rings. The number of nitrogens with zero attached hydrogens (tertiary/aromatic N) is 1. The molecule has 0 aliphatic carbocycles. The highest BCUT2D eigenvalue weighted by molar-refractivity contribution is 5.91. The van der Waals surface area contributed by atoms with Gasteiger partial charge in [0, 0.05) is 18.8 Å². The molecule has 1 saturated heterocycles. The van der Waals surface area contributed by atoms with Crippen molar-refractivity contribution in [1.29, 1.82) is 0 Å². The Labute approximate surface area is 130 Å². The molecular weight excluding hydrogens is 284 g/mol. The van der Waals surface area contributed by atoms with Gasteiger partial charge in [-0.15, -0.1) is 0 Å². The first kappa shape index (κ1) is 16.5. The van der Waals surface area contributed by atoms with E-state index in [0.717, 1.165) is 25.1 Å². The number of para-hydroxylation sites is 1. The molecule has 0 spiro atoms. The average molecular weight is 306 g/mol. The molecule has 1 unspecified atom stereocenters. The number of anilines is 1. The van der Waals surface area contributed by atoms with E-state index in [1.165, 1.54) is 0 Å². The largest absolute Gasteiger partial charge is 0.481 e. The van der Waals surface area contributed by atoms with Crippen LogP contribution in [-0.4, -0.2) is 54.2 Å². The van der Waals surface area contributed by atoms with Crippen LogP contribution in [0.4, 0.5) is 5.69 Å². The number of aliphatic carboxylic acids is 1. The Balaban J connectivity index is 1.69. The zero-order chi connectivity index (χ0) is 15.8. The van der Waals surface area contributed by atoms with E-state index in [4.69, 9.17) is 9.84 Å². The van der Waals surface area contributed by atoms with Gasteiger partial charge in [0.25, 0.3) is 0 Å². The van der Waals surface area contributed by atoms with Gasteiger partial charge in [0.05, 0.1) is 12.5 Å². The Kier molecular flexibility index (Phi) is 6.36. The van der Waals surface area contributed by atoms with Gasteiger partial charge in [-0.25, -0.2) is 0 Å². The Bertz CT molecular complexity index is 492. The van der Waals surface area contributed by atoms with Crippen molar-refractivity contribution in [3.05, 3.63) is 30.3 Å². The van der Waals surface area contributed by atoms with Crippen LogP contribution in [0.25, 0.3) is 0 Å². The molecule has 6 nitrogen and oxygen atoms in total. The maximum absolute atomic E-state index is 11.8. The van der Waals surface area contributed by atoms with Gasteiger partial charge in [0.1, 0.15) is 6.61 Å². The number of amides is 1. The standard InChI is InChI=1S/C16H22N2O4/c19-15(17-13-5-2-1-3-6-13)12-22-14-7-4-9-18(11-14)10-8-16(20)21/h1-3,5-6,14H,4,7-12H2,(H,17,19)(H,20,21). The summed E-state index contributed by atoms with van der Waals surface area (Å²) in [6, 6.07) is 9.26. The summed E-state index contributed by atoms with van der Waals surface area (Å²) < 4.78 is 5.65. The van der Waals surface area contributed by atoms with Crippen LogP contribution in [0, 0.1) is 0 Å². The van der Waals surface area contributed by atoms with E-state index in [0.29, 0.717) is 13.1 Å². The molecule has 1 aromatic carbocycles. The number of hydrogen-bond donors (Lipinski definition) is 2. The van der Waals surface area contributed by atoms with Crippen molar-refractivity contribution < 1.29 is 19.4 Å². The third kappa shape index (κ3) is 5.83. The molecule has 1 aromatic rings. The second kappa shape index (κ2) is 8.51. The molecule has 1 amide bonds. The molecule has 120 valence electrons. The summed E-state index contributed by atoms with van der Waals surface area (Å²) in [4.78, 5) is 24.5. The Morgan fingerprint density at radius 3 is 2.82 bits per heavy atom. The second-order valence-corrected chi connectivity index (χ2v) is 5.43. The lowest BCUT2D eigenvalue weighted by atomic mass is 10.1. The molecule has 1 heterocycles. The van der Waals surface area contributed by atoms with Crippen LogP contribution in [0.1, 0.15) is 19.3 Å². The number of carboxylic acids is 1. The fourth-order valence-corrected chi connectivity index (χ4v) is 2.52. The van der Waals surface area contributed by atoms with Crippen molar-refractivity contribution in [2.45, 2.75) is 25.4 Å². The van der Waals surface area contributed by atoms with E-state index in [9.17, 15) is 9.59 Å². The highest BCUT2D eigenvalue weighted by atomic mass is 16.5. The van der Waals surface area contributed by atoms with Crippen LogP contribution in [0.15, 0.2) is 30.3 Å². The average Bonchev–Trinajstić information content (AvgIpc) is 2.52. The minimum absolute atomic E-state index is 0.0101. The topological polar surface area (TPSA) is 78.9 Å². The van der Waals surface area contributed by atoms with E-state index < -0.39 is 5.97 Å². The van der Waals surface area contributed by atoms with Crippen LogP contribution < -0.4 is 5.32 Å². The minimum atomic E-state index is -0.787. The molecule has 2 rings (SSSR count). The molecule has 2 N–H and O–H groups in total. The minimum Gasteiger partial charge on any atom is -0.481 e. The molecule has 0 saturated carbocycles. The quantitative estimate of drug-likeness (QED) is 0.799. The summed E-state index contributed by atoms with van der Waals surface area (Å²) >= 11 is 0. The molecule has 0 radical (unpaired) electrons. The van der Waals surface area contributed by atoms with Gasteiger partial charge in [-0.2, -0.15) is 0 Å². The van der Waals surface area contributed by atoms with Crippen LogP contribution >= 0.6 is 0 Å². The molecular formula is C16H22N2O4. The summed E-state index contributed by atoms with van der Waals surface area (Å²) in [6.07, 6.45) is 2.00. The fraction of sp³-hybridized carbons (Fsp3) is 0.500. The van der Waals surface area contributed by atoms with Crippen molar-refractivity contribution in [2.75, 3.05) is 31.6 Å². The number of carboxylic acid groups (broad SMARTS) is 1.